The second kappa shape index (κ2) is 5.68. The van der Waals surface area contributed by atoms with E-state index in [1.54, 1.807) is 6.07 Å². The molecule has 0 saturated heterocycles. The van der Waals surface area contributed by atoms with Crippen molar-refractivity contribution in [3.8, 4) is 11.3 Å². The summed E-state index contributed by atoms with van der Waals surface area (Å²) in [6, 6.07) is 14.9. The van der Waals surface area contributed by atoms with Gasteiger partial charge in [-0.15, -0.1) is 11.3 Å². The van der Waals surface area contributed by atoms with E-state index in [-0.39, 0.29) is 5.97 Å². The molecular formula is C17H11ClN2O2S. The fourth-order valence-electron chi connectivity index (χ4n) is 2.46. The van der Waals surface area contributed by atoms with E-state index in [1.165, 1.54) is 11.3 Å². The van der Waals surface area contributed by atoms with Gasteiger partial charge in [-0.1, -0.05) is 41.9 Å². The first kappa shape index (κ1) is 14.2. The number of nitrogens with zero attached hydrogens (tertiary/aromatic N) is 1. The van der Waals surface area contributed by atoms with Gasteiger partial charge in [0, 0.05) is 21.5 Å². The van der Waals surface area contributed by atoms with Crippen molar-refractivity contribution in [3.63, 3.8) is 0 Å². The molecule has 1 aliphatic heterocycles. The average Bonchev–Trinajstić information content (AvgIpc) is 3.15. The minimum atomic E-state index is -0.497. The lowest BCUT2D eigenvalue weighted by Gasteiger charge is -2.11. The van der Waals surface area contributed by atoms with Crippen LogP contribution in [0.15, 0.2) is 53.9 Å². The van der Waals surface area contributed by atoms with E-state index in [9.17, 15) is 4.79 Å². The van der Waals surface area contributed by atoms with Crippen LogP contribution >= 0.6 is 22.9 Å². The zero-order chi connectivity index (χ0) is 15.8. The fourth-order valence-corrected chi connectivity index (χ4v) is 3.32. The van der Waals surface area contributed by atoms with Gasteiger partial charge in [-0.2, -0.15) is 0 Å². The topological polar surface area (TPSA) is 51.2 Å². The van der Waals surface area contributed by atoms with Crippen molar-refractivity contribution in [1.82, 2.24) is 4.98 Å². The molecule has 114 valence electrons. The third-order valence-electron chi connectivity index (χ3n) is 3.59. The summed E-state index contributed by atoms with van der Waals surface area (Å²) < 4.78 is 5.37. The molecule has 1 N–H and O–H groups in total. The molecule has 1 aromatic heterocycles. The Morgan fingerprint density at radius 1 is 1.13 bits per heavy atom. The number of aromatic nitrogens is 1. The Balaban J connectivity index is 1.57. The van der Waals surface area contributed by atoms with Gasteiger partial charge in [-0.25, -0.2) is 9.78 Å². The molecule has 0 saturated carbocycles. The highest BCUT2D eigenvalue weighted by Crippen LogP contribution is 2.33. The summed E-state index contributed by atoms with van der Waals surface area (Å²) in [5, 5.41) is 6.51. The lowest BCUT2D eigenvalue weighted by Crippen LogP contribution is -2.09. The average molecular weight is 343 g/mol. The molecule has 6 heteroatoms. The van der Waals surface area contributed by atoms with Gasteiger partial charge in [0.25, 0.3) is 0 Å². The lowest BCUT2D eigenvalue weighted by atomic mass is 10.1. The van der Waals surface area contributed by atoms with Gasteiger partial charge in [0.05, 0.1) is 11.3 Å². The smallest absolute Gasteiger partial charge is 0.340 e. The maximum absolute atomic E-state index is 11.8. The van der Waals surface area contributed by atoms with Crippen LogP contribution in [0.1, 0.15) is 22.1 Å². The number of nitrogens with one attached hydrogen (secondary N) is 1. The molecule has 2 heterocycles. The molecule has 0 amide bonds. The van der Waals surface area contributed by atoms with Crippen LogP contribution in [0.5, 0.6) is 0 Å². The van der Waals surface area contributed by atoms with Gasteiger partial charge >= 0.3 is 5.97 Å². The predicted molar refractivity (Wildman–Crippen MR) is 90.8 cm³/mol. The molecule has 0 bridgehead atoms. The van der Waals surface area contributed by atoms with Crippen molar-refractivity contribution in [1.29, 1.82) is 0 Å². The predicted octanol–water partition coefficient (Wildman–Crippen LogP) is 4.74. The van der Waals surface area contributed by atoms with Gasteiger partial charge < -0.3 is 10.1 Å². The van der Waals surface area contributed by atoms with Crippen LogP contribution in [0.25, 0.3) is 11.3 Å². The molecule has 4 nitrogen and oxygen atoms in total. The maximum atomic E-state index is 11.8. The van der Waals surface area contributed by atoms with Crippen molar-refractivity contribution < 1.29 is 9.53 Å². The van der Waals surface area contributed by atoms with E-state index >= 15 is 0 Å². The number of halogens is 1. The van der Waals surface area contributed by atoms with Crippen molar-refractivity contribution in [2.45, 2.75) is 6.23 Å². The molecule has 0 spiro atoms. The molecule has 23 heavy (non-hydrogen) atoms. The normalized spacial score (nSPS) is 16.0. The quantitative estimate of drug-likeness (QED) is 0.698. The van der Waals surface area contributed by atoms with Crippen molar-refractivity contribution >= 4 is 34.0 Å². The Labute approximate surface area is 141 Å². The van der Waals surface area contributed by atoms with Gasteiger partial charge in [0.2, 0.25) is 6.23 Å². The number of rotatable bonds is 3. The van der Waals surface area contributed by atoms with E-state index in [4.69, 9.17) is 16.3 Å². The van der Waals surface area contributed by atoms with Crippen molar-refractivity contribution in [3.05, 3.63) is 70.1 Å². The Bertz CT molecular complexity index is 876. The van der Waals surface area contributed by atoms with Crippen LogP contribution in [0.4, 0.5) is 5.13 Å². The van der Waals surface area contributed by atoms with Crippen LogP contribution < -0.4 is 5.32 Å². The highest BCUT2D eigenvalue weighted by molar-refractivity contribution is 7.14. The third kappa shape index (κ3) is 2.69. The highest BCUT2D eigenvalue weighted by Gasteiger charge is 2.30. The number of carbonyl (C=O) groups excluding carboxylic acids is 1. The number of benzene rings is 2. The lowest BCUT2D eigenvalue weighted by molar-refractivity contribution is 0.0437. The van der Waals surface area contributed by atoms with Crippen LogP contribution in [-0.2, 0) is 4.74 Å². The molecule has 1 aliphatic rings. The highest BCUT2D eigenvalue weighted by atomic mass is 35.5. The molecule has 2 aromatic carbocycles. The molecule has 0 radical (unpaired) electrons. The zero-order valence-corrected chi connectivity index (χ0v) is 13.4. The molecular weight excluding hydrogens is 332 g/mol. The summed E-state index contributed by atoms with van der Waals surface area (Å²) >= 11 is 7.37. The summed E-state index contributed by atoms with van der Waals surface area (Å²) in [6.45, 7) is 0. The van der Waals surface area contributed by atoms with E-state index in [1.807, 2.05) is 47.8 Å². The van der Waals surface area contributed by atoms with E-state index in [0.29, 0.717) is 15.7 Å². The number of thiazole rings is 1. The summed E-state index contributed by atoms with van der Waals surface area (Å²) in [6.07, 6.45) is -0.497. The third-order valence-corrected chi connectivity index (χ3v) is 4.61. The van der Waals surface area contributed by atoms with Gasteiger partial charge in [0.1, 0.15) is 0 Å². The van der Waals surface area contributed by atoms with Crippen molar-refractivity contribution in [2.24, 2.45) is 0 Å². The monoisotopic (exact) mass is 342 g/mol. The molecule has 0 fully saturated rings. The first-order chi connectivity index (χ1) is 11.2. The van der Waals surface area contributed by atoms with E-state index < -0.39 is 6.23 Å². The van der Waals surface area contributed by atoms with Gasteiger partial charge in [-0.05, 0) is 18.2 Å². The summed E-state index contributed by atoms with van der Waals surface area (Å²) in [4.78, 5) is 16.4. The number of ether oxygens (including phenoxy) is 1. The van der Waals surface area contributed by atoms with E-state index in [2.05, 4.69) is 10.3 Å². The minimum absolute atomic E-state index is 0.312. The van der Waals surface area contributed by atoms with Crippen LogP contribution in [-0.4, -0.2) is 11.0 Å². The van der Waals surface area contributed by atoms with Gasteiger partial charge in [-0.3, -0.25) is 0 Å². The number of hydrogen-bond donors (Lipinski definition) is 1. The number of carbonyl (C=O) groups is 1. The molecule has 0 unspecified atom stereocenters. The standard InChI is InChI=1S/C17H11ClN2O2S/c18-11-7-5-10(6-8-11)14-9-23-17(19-14)20-15-12-3-1-2-4-13(12)16(21)22-15/h1-9,15H,(H,19,20)/t15-/m0/s1. The van der Waals surface area contributed by atoms with Crippen LogP contribution in [0.2, 0.25) is 5.02 Å². The maximum Gasteiger partial charge on any atom is 0.340 e. The summed E-state index contributed by atoms with van der Waals surface area (Å²) in [7, 11) is 0. The first-order valence-electron chi connectivity index (χ1n) is 6.98. The molecule has 3 aromatic rings. The Hall–Kier alpha value is -2.37. The summed E-state index contributed by atoms with van der Waals surface area (Å²) in [5.74, 6) is -0.312. The second-order valence-electron chi connectivity index (χ2n) is 5.06. The Morgan fingerprint density at radius 2 is 1.91 bits per heavy atom. The number of fused-ring (bicyclic) bond motifs is 1. The number of hydrogen-bond acceptors (Lipinski definition) is 5. The van der Waals surface area contributed by atoms with Crippen LogP contribution in [0, 0.1) is 0 Å². The molecule has 1 atom stereocenters. The van der Waals surface area contributed by atoms with Crippen molar-refractivity contribution in [2.75, 3.05) is 5.32 Å². The largest absolute Gasteiger partial charge is 0.434 e. The number of esters is 1. The Morgan fingerprint density at radius 3 is 2.74 bits per heavy atom. The first-order valence-corrected chi connectivity index (χ1v) is 8.24. The van der Waals surface area contributed by atoms with Gasteiger partial charge in [0.15, 0.2) is 5.13 Å². The number of cyclic esters (lactones) is 1. The minimum Gasteiger partial charge on any atom is -0.434 e. The fraction of sp³-hybridized carbons (Fsp3) is 0.0588. The SMILES string of the molecule is O=C1O[C@H](Nc2nc(-c3ccc(Cl)cc3)cs2)c2ccccc21. The van der Waals surface area contributed by atoms with E-state index in [0.717, 1.165) is 16.8 Å². The number of anilines is 1. The molecule has 0 aliphatic carbocycles. The zero-order valence-electron chi connectivity index (χ0n) is 11.8. The molecule has 4 rings (SSSR count). The Kier molecular flexibility index (Phi) is 3.52. The second-order valence-corrected chi connectivity index (χ2v) is 6.36. The van der Waals surface area contributed by atoms with Crippen LogP contribution in [0.3, 0.4) is 0 Å². The summed E-state index contributed by atoms with van der Waals surface area (Å²) in [5.41, 5.74) is 3.27.